The summed E-state index contributed by atoms with van der Waals surface area (Å²) < 4.78 is 30.5. The molecule has 1 unspecified atom stereocenters. The maximum Gasteiger partial charge on any atom is 0.333 e. The predicted molar refractivity (Wildman–Crippen MR) is 145 cm³/mol. The van der Waals surface area contributed by atoms with Gasteiger partial charge in [-0.25, -0.2) is 4.79 Å². The predicted octanol–water partition coefficient (Wildman–Crippen LogP) is 6.99. The highest BCUT2D eigenvalue weighted by Gasteiger charge is 2.39. The summed E-state index contributed by atoms with van der Waals surface area (Å²) in [5.41, 5.74) is 0.413. The molecule has 0 saturated heterocycles. The SMILES string of the molecule is C=C(C)C(=O)OCCCC(C)(OCC)OCCC[Si](C)(C)O[Si](C)(C)O[Si](C)(C)CCCC. The molecule has 6 nitrogen and oxygen atoms in total. The fourth-order valence-electron chi connectivity index (χ4n) is 4.01. The average molecular weight is 521 g/mol. The Morgan fingerprint density at radius 1 is 0.848 bits per heavy atom. The van der Waals surface area contributed by atoms with E-state index in [1.165, 1.54) is 18.9 Å². The Morgan fingerprint density at radius 3 is 1.88 bits per heavy atom. The summed E-state index contributed by atoms with van der Waals surface area (Å²) in [4.78, 5) is 11.5. The second kappa shape index (κ2) is 15.0. The number of carbonyl (C=O) groups excluding carboxylic acids is 1. The molecule has 0 N–H and O–H groups in total. The minimum atomic E-state index is -2.16. The molecule has 0 saturated carbocycles. The topological polar surface area (TPSA) is 63.2 Å². The summed E-state index contributed by atoms with van der Waals surface area (Å²) in [5.74, 6) is -1.03. The lowest BCUT2D eigenvalue weighted by Gasteiger charge is -2.39. The van der Waals surface area contributed by atoms with E-state index in [9.17, 15) is 4.79 Å². The monoisotopic (exact) mass is 520 g/mol. The first-order valence-corrected chi connectivity index (χ1v) is 21.6. The van der Waals surface area contributed by atoms with Gasteiger partial charge in [0.25, 0.3) is 0 Å². The number of hydrogen-bond donors (Lipinski definition) is 0. The van der Waals surface area contributed by atoms with E-state index in [0.717, 1.165) is 12.5 Å². The fourth-order valence-corrected chi connectivity index (χ4v) is 18.2. The molecular weight excluding hydrogens is 469 g/mol. The molecule has 0 bridgehead atoms. The summed E-state index contributed by atoms with van der Waals surface area (Å²) in [6.07, 6.45) is 4.70. The van der Waals surface area contributed by atoms with Crippen molar-refractivity contribution in [2.24, 2.45) is 0 Å². The first-order chi connectivity index (χ1) is 15.1. The Morgan fingerprint density at radius 2 is 1.39 bits per heavy atom. The highest BCUT2D eigenvalue weighted by atomic mass is 28.5. The number of esters is 1. The molecule has 33 heavy (non-hydrogen) atoms. The Hall–Kier alpha value is -0.299. The molecule has 0 amide bonds. The molecule has 0 heterocycles. The molecule has 0 aliphatic heterocycles. The van der Waals surface area contributed by atoms with Crippen LogP contribution in [0.5, 0.6) is 0 Å². The zero-order valence-corrected chi connectivity index (χ0v) is 26.2. The quantitative estimate of drug-likeness (QED) is 0.0601. The second-order valence-corrected chi connectivity index (χ2v) is 23.2. The first-order valence-electron chi connectivity index (χ1n) is 12.6. The molecule has 0 radical (unpaired) electrons. The normalized spacial score (nSPS) is 14.7. The second-order valence-electron chi connectivity index (χ2n) is 10.8. The van der Waals surface area contributed by atoms with Gasteiger partial charge in [-0.1, -0.05) is 26.3 Å². The smallest absolute Gasteiger partial charge is 0.333 e. The minimum Gasteiger partial charge on any atom is -0.462 e. The maximum absolute atomic E-state index is 11.5. The van der Waals surface area contributed by atoms with Crippen molar-refractivity contribution < 1.29 is 27.2 Å². The van der Waals surface area contributed by atoms with E-state index < -0.39 is 31.0 Å². The average Bonchev–Trinajstić information content (AvgIpc) is 2.65. The Kier molecular flexibility index (Phi) is 14.8. The Bertz CT molecular complexity index is 595. The van der Waals surface area contributed by atoms with Crippen molar-refractivity contribution in [3.05, 3.63) is 12.2 Å². The third-order valence-electron chi connectivity index (χ3n) is 5.31. The minimum absolute atomic E-state index is 0.336. The van der Waals surface area contributed by atoms with Crippen molar-refractivity contribution in [3.8, 4) is 0 Å². The van der Waals surface area contributed by atoms with Crippen molar-refractivity contribution in [2.75, 3.05) is 19.8 Å². The van der Waals surface area contributed by atoms with Crippen LogP contribution in [0.15, 0.2) is 12.2 Å². The van der Waals surface area contributed by atoms with Crippen LogP contribution in [-0.2, 0) is 27.2 Å². The van der Waals surface area contributed by atoms with Crippen LogP contribution in [0.25, 0.3) is 0 Å². The van der Waals surface area contributed by atoms with Gasteiger partial charge in [0, 0.05) is 25.2 Å². The van der Waals surface area contributed by atoms with Gasteiger partial charge < -0.3 is 22.4 Å². The van der Waals surface area contributed by atoms with Crippen molar-refractivity contribution >= 4 is 31.2 Å². The lowest BCUT2D eigenvalue weighted by molar-refractivity contribution is -0.228. The highest BCUT2D eigenvalue weighted by Crippen LogP contribution is 2.27. The van der Waals surface area contributed by atoms with Gasteiger partial charge in [-0.15, -0.1) is 0 Å². The summed E-state index contributed by atoms with van der Waals surface area (Å²) in [6.45, 7) is 26.5. The Balaban J connectivity index is 4.56. The van der Waals surface area contributed by atoms with Gasteiger partial charge in [0.05, 0.1) is 6.61 Å². The molecule has 0 aliphatic carbocycles. The van der Waals surface area contributed by atoms with Crippen LogP contribution in [-0.4, -0.2) is 56.8 Å². The number of rotatable bonds is 19. The highest BCUT2D eigenvalue weighted by molar-refractivity contribution is 6.87. The van der Waals surface area contributed by atoms with E-state index in [1.807, 2.05) is 13.8 Å². The molecule has 1 atom stereocenters. The molecule has 0 spiro atoms. The van der Waals surface area contributed by atoms with Gasteiger partial charge in [0.1, 0.15) is 0 Å². The molecule has 0 aromatic heterocycles. The van der Waals surface area contributed by atoms with Gasteiger partial charge in [-0.2, -0.15) is 0 Å². The number of carbonyl (C=O) groups is 1. The number of ether oxygens (including phenoxy) is 3. The van der Waals surface area contributed by atoms with Crippen LogP contribution in [0.4, 0.5) is 0 Å². The first kappa shape index (κ1) is 32.7. The molecule has 0 aromatic carbocycles. The van der Waals surface area contributed by atoms with Crippen LogP contribution < -0.4 is 0 Å². The largest absolute Gasteiger partial charge is 0.462 e. The number of hydrogen-bond acceptors (Lipinski definition) is 6. The van der Waals surface area contributed by atoms with Crippen molar-refractivity contribution in [1.29, 1.82) is 0 Å². The van der Waals surface area contributed by atoms with Crippen LogP contribution in [0.2, 0.25) is 51.4 Å². The number of unbranched alkanes of at least 4 members (excludes halogenated alkanes) is 1. The summed E-state index contributed by atoms with van der Waals surface area (Å²) in [6, 6.07) is 2.21. The molecular formula is C24H52O6Si3. The van der Waals surface area contributed by atoms with Gasteiger partial charge in [0.2, 0.25) is 0 Å². The fraction of sp³-hybridized carbons (Fsp3) is 0.875. The van der Waals surface area contributed by atoms with E-state index in [1.54, 1.807) is 6.92 Å². The Labute approximate surface area is 207 Å². The van der Waals surface area contributed by atoms with Gasteiger partial charge in [-0.3, -0.25) is 0 Å². The maximum atomic E-state index is 11.5. The van der Waals surface area contributed by atoms with E-state index in [-0.39, 0.29) is 5.97 Å². The zero-order chi connectivity index (χ0) is 25.8. The van der Waals surface area contributed by atoms with E-state index in [2.05, 4.69) is 52.8 Å². The van der Waals surface area contributed by atoms with Crippen LogP contribution in [0.1, 0.15) is 59.8 Å². The summed E-state index contributed by atoms with van der Waals surface area (Å²) in [7, 11) is -5.71. The molecule has 9 heteroatoms. The van der Waals surface area contributed by atoms with Crippen LogP contribution in [0.3, 0.4) is 0 Å². The van der Waals surface area contributed by atoms with E-state index in [0.29, 0.717) is 38.2 Å². The third kappa shape index (κ3) is 16.1. The van der Waals surface area contributed by atoms with Crippen LogP contribution in [0, 0.1) is 0 Å². The summed E-state index contributed by atoms with van der Waals surface area (Å²) >= 11 is 0. The molecule has 0 aromatic rings. The lowest BCUT2D eigenvalue weighted by Crippen LogP contribution is -2.52. The van der Waals surface area contributed by atoms with Crippen molar-refractivity contribution in [1.82, 2.24) is 0 Å². The van der Waals surface area contributed by atoms with E-state index >= 15 is 0 Å². The van der Waals surface area contributed by atoms with Gasteiger partial charge >= 0.3 is 14.5 Å². The lowest BCUT2D eigenvalue weighted by atomic mass is 10.1. The third-order valence-corrected chi connectivity index (χ3v) is 16.8. The molecule has 196 valence electrons. The van der Waals surface area contributed by atoms with Crippen LogP contribution >= 0.6 is 0 Å². The van der Waals surface area contributed by atoms with E-state index in [4.69, 9.17) is 22.4 Å². The van der Waals surface area contributed by atoms with Gasteiger partial charge in [-0.05, 0) is 85.0 Å². The molecule has 0 aliphatic rings. The van der Waals surface area contributed by atoms with Crippen molar-refractivity contribution in [2.45, 2.75) is 117 Å². The molecule has 0 rings (SSSR count). The zero-order valence-electron chi connectivity index (χ0n) is 23.2. The molecule has 0 fully saturated rings. The summed E-state index contributed by atoms with van der Waals surface area (Å²) in [5, 5.41) is 0. The van der Waals surface area contributed by atoms with Crippen molar-refractivity contribution in [3.63, 3.8) is 0 Å². The standard InChI is InChI=1S/C24H52O6Si3/c1-12-14-20-31(6,7)29-33(10,11)30-32(8,9)21-16-19-28-24(5,27-13-2)17-15-18-26-23(25)22(3)4/h3,12-21H2,1-2,4-11H3. The van der Waals surface area contributed by atoms with Gasteiger partial charge in [0.15, 0.2) is 22.4 Å².